The first-order valence-electron chi connectivity index (χ1n) is 8.46. The molecule has 1 saturated heterocycles. The fraction of sp³-hybridized carbons (Fsp3) is 0.625. The van der Waals surface area contributed by atoms with Crippen LogP contribution in [0.3, 0.4) is 0 Å². The van der Waals surface area contributed by atoms with Gasteiger partial charge in [-0.3, -0.25) is 20.1 Å². The summed E-state index contributed by atoms with van der Waals surface area (Å²) in [5, 5.41) is 13.7. The zero-order chi connectivity index (χ0) is 18.0. The average Bonchev–Trinajstić information content (AvgIpc) is 3.23. The first-order chi connectivity index (χ1) is 11.9. The fourth-order valence-corrected chi connectivity index (χ4v) is 2.69. The first-order valence-corrected chi connectivity index (χ1v) is 8.46. The molecule has 1 fully saturated rings. The van der Waals surface area contributed by atoms with E-state index in [1.165, 1.54) is 0 Å². The first kappa shape index (κ1) is 17.6. The summed E-state index contributed by atoms with van der Waals surface area (Å²) in [7, 11) is 0. The van der Waals surface area contributed by atoms with Crippen molar-refractivity contribution in [2.24, 2.45) is 0 Å². The quantitative estimate of drug-likeness (QED) is 0.845. The minimum absolute atomic E-state index is 0.141. The van der Waals surface area contributed by atoms with Crippen molar-refractivity contribution in [3.8, 4) is 0 Å². The normalized spacial score (nSPS) is 20.0. The van der Waals surface area contributed by atoms with Gasteiger partial charge in [-0.15, -0.1) is 0 Å². The Morgan fingerprint density at radius 3 is 2.88 bits per heavy atom. The van der Waals surface area contributed by atoms with Gasteiger partial charge in [0.2, 0.25) is 11.8 Å². The van der Waals surface area contributed by atoms with E-state index in [1.54, 1.807) is 13.0 Å². The van der Waals surface area contributed by atoms with Crippen molar-refractivity contribution in [3.63, 3.8) is 0 Å². The zero-order valence-corrected chi connectivity index (χ0v) is 14.9. The Morgan fingerprint density at radius 1 is 1.44 bits per heavy atom. The van der Waals surface area contributed by atoms with E-state index in [1.807, 2.05) is 20.8 Å². The number of aromatic amines is 1. The van der Waals surface area contributed by atoms with Crippen LogP contribution in [0.1, 0.15) is 50.1 Å². The van der Waals surface area contributed by atoms with Crippen LogP contribution in [-0.2, 0) is 9.53 Å². The smallest absolute Gasteiger partial charge is 0.243 e. The summed E-state index contributed by atoms with van der Waals surface area (Å²) in [5.74, 6) is 1.93. The van der Waals surface area contributed by atoms with E-state index in [0.29, 0.717) is 31.4 Å². The molecule has 0 radical (unpaired) electrons. The number of rotatable bonds is 5. The summed E-state index contributed by atoms with van der Waals surface area (Å²) in [6.45, 7) is 9.51. The topological polar surface area (TPSA) is 109 Å². The highest BCUT2D eigenvalue weighted by Crippen LogP contribution is 2.22. The highest BCUT2D eigenvalue weighted by molar-refractivity contribution is 5.93. The molecular formula is C16H24N6O3. The molecule has 2 N–H and O–H groups in total. The Morgan fingerprint density at radius 2 is 2.24 bits per heavy atom. The summed E-state index contributed by atoms with van der Waals surface area (Å²) in [6, 6.07) is 1.36. The SMILES string of the molecule is Cc1cc(NC(=O)[C@@H](C)N2CCO[C@H](c3nc(C(C)C)n[nH]3)C2)on1. The molecule has 136 valence electrons. The lowest BCUT2D eigenvalue weighted by molar-refractivity contribution is -0.124. The summed E-state index contributed by atoms with van der Waals surface area (Å²) < 4.78 is 10.8. The van der Waals surface area contributed by atoms with Crippen LogP contribution in [0.5, 0.6) is 0 Å². The van der Waals surface area contributed by atoms with Crippen molar-refractivity contribution in [3.05, 3.63) is 23.4 Å². The predicted molar refractivity (Wildman–Crippen MR) is 90.1 cm³/mol. The lowest BCUT2D eigenvalue weighted by Gasteiger charge is -2.35. The largest absolute Gasteiger partial charge is 0.368 e. The molecule has 1 aliphatic rings. The second-order valence-electron chi connectivity index (χ2n) is 6.59. The van der Waals surface area contributed by atoms with Crippen LogP contribution in [-0.4, -0.2) is 56.9 Å². The molecule has 3 rings (SSSR count). The summed E-state index contributed by atoms with van der Waals surface area (Å²) in [4.78, 5) is 19.0. The maximum atomic E-state index is 12.4. The number of nitrogens with zero attached hydrogens (tertiary/aromatic N) is 4. The summed E-state index contributed by atoms with van der Waals surface area (Å²) >= 11 is 0. The van der Waals surface area contributed by atoms with Gasteiger partial charge in [0.1, 0.15) is 6.10 Å². The Kier molecular flexibility index (Phi) is 5.14. The number of aromatic nitrogens is 4. The Hall–Kier alpha value is -2.26. The van der Waals surface area contributed by atoms with E-state index in [4.69, 9.17) is 9.26 Å². The highest BCUT2D eigenvalue weighted by atomic mass is 16.5. The van der Waals surface area contributed by atoms with E-state index >= 15 is 0 Å². The van der Waals surface area contributed by atoms with Gasteiger partial charge in [0, 0.05) is 25.1 Å². The predicted octanol–water partition coefficient (Wildman–Crippen LogP) is 1.63. The Labute approximate surface area is 146 Å². The molecule has 0 aliphatic carbocycles. The van der Waals surface area contributed by atoms with Crippen LogP contribution >= 0.6 is 0 Å². The van der Waals surface area contributed by atoms with Gasteiger partial charge < -0.3 is 9.26 Å². The molecule has 0 bridgehead atoms. The van der Waals surface area contributed by atoms with Gasteiger partial charge in [0.25, 0.3) is 0 Å². The average molecular weight is 348 g/mol. The lowest BCUT2D eigenvalue weighted by Crippen LogP contribution is -2.48. The van der Waals surface area contributed by atoms with E-state index in [2.05, 4.69) is 30.6 Å². The van der Waals surface area contributed by atoms with E-state index < -0.39 is 0 Å². The number of morpholine rings is 1. The summed E-state index contributed by atoms with van der Waals surface area (Å²) in [5.41, 5.74) is 0.723. The molecule has 0 spiro atoms. The van der Waals surface area contributed by atoms with Crippen LogP contribution in [0.4, 0.5) is 5.88 Å². The number of ether oxygens (including phenoxy) is 1. The molecule has 1 amide bonds. The number of hydrogen-bond acceptors (Lipinski definition) is 7. The number of carbonyl (C=O) groups excluding carboxylic acids is 1. The van der Waals surface area contributed by atoms with E-state index in [9.17, 15) is 4.79 Å². The second kappa shape index (κ2) is 7.32. The molecule has 9 nitrogen and oxygen atoms in total. The van der Waals surface area contributed by atoms with Crippen molar-refractivity contribution in [1.29, 1.82) is 0 Å². The Bertz CT molecular complexity index is 725. The number of hydrogen-bond donors (Lipinski definition) is 2. The fourth-order valence-electron chi connectivity index (χ4n) is 2.69. The van der Waals surface area contributed by atoms with Gasteiger partial charge in [-0.05, 0) is 13.8 Å². The van der Waals surface area contributed by atoms with Crippen molar-refractivity contribution < 1.29 is 14.1 Å². The summed E-state index contributed by atoms with van der Waals surface area (Å²) in [6.07, 6.45) is -0.225. The maximum Gasteiger partial charge on any atom is 0.243 e. The zero-order valence-electron chi connectivity index (χ0n) is 14.9. The molecule has 3 heterocycles. The van der Waals surface area contributed by atoms with Crippen LogP contribution in [0.2, 0.25) is 0 Å². The standard InChI is InChI=1S/C16H24N6O3/c1-9(2)14-18-15(20-19-14)12-8-22(5-6-24-12)11(4)16(23)17-13-7-10(3)21-25-13/h7,9,11-12H,5-6,8H2,1-4H3,(H,17,23)(H,18,19,20)/t11-,12+/m1/s1. The van der Waals surface area contributed by atoms with Crippen molar-refractivity contribution in [1.82, 2.24) is 25.2 Å². The molecular weight excluding hydrogens is 324 g/mol. The Balaban J connectivity index is 1.62. The van der Waals surface area contributed by atoms with Gasteiger partial charge in [0.15, 0.2) is 11.6 Å². The molecule has 0 unspecified atom stereocenters. The van der Waals surface area contributed by atoms with Crippen LogP contribution in [0, 0.1) is 6.92 Å². The highest BCUT2D eigenvalue weighted by Gasteiger charge is 2.31. The number of amides is 1. The van der Waals surface area contributed by atoms with Gasteiger partial charge in [-0.2, -0.15) is 5.10 Å². The lowest BCUT2D eigenvalue weighted by atomic mass is 10.2. The third kappa shape index (κ3) is 4.05. The van der Waals surface area contributed by atoms with Crippen LogP contribution in [0.25, 0.3) is 0 Å². The number of H-pyrrole nitrogens is 1. The maximum absolute atomic E-state index is 12.4. The molecule has 0 saturated carbocycles. The van der Waals surface area contributed by atoms with E-state index in [-0.39, 0.29) is 24.0 Å². The van der Waals surface area contributed by atoms with Crippen molar-refractivity contribution in [2.75, 3.05) is 25.0 Å². The number of nitrogens with one attached hydrogen (secondary N) is 2. The van der Waals surface area contributed by atoms with Crippen LogP contribution < -0.4 is 5.32 Å². The number of aryl methyl sites for hydroxylation is 1. The van der Waals surface area contributed by atoms with Crippen molar-refractivity contribution in [2.45, 2.75) is 45.8 Å². The van der Waals surface area contributed by atoms with Gasteiger partial charge in [-0.1, -0.05) is 19.0 Å². The van der Waals surface area contributed by atoms with Gasteiger partial charge >= 0.3 is 0 Å². The molecule has 2 atom stereocenters. The third-order valence-corrected chi connectivity index (χ3v) is 4.24. The molecule has 0 aromatic carbocycles. The minimum Gasteiger partial charge on any atom is -0.368 e. The van der Waals surface area contributed by atoms with Crippen LogP contribution in [0.15, 0.2) is 10.6 Å². The van der Waals surface area contributed by atoms with Gasteiger partial charge in [-0.25, -0.2) is 4.98 Å². The molecule has 25 heavy (non-hydrogen) atoms. The second-order valence-corrected chi connectivity index (χ2v) is 6.59. The van der Waals surface area contributed by atoms with Crippen molar-refractivity contribution >= 4 is 11.8 Å². The molecule has 1 aliphatic heterocycles. The molecule has 2 aromatic heterocycles. The monoisotopic (exact) mass is 348 g/mol. The third-order valence-electron chi connectivity index (χ3n) is 4.24. The molecule has 2 aromatic rings. The molecule has 9 heteroatoms. The number of carbonyl (C=O) groups is 1. The van der Waals surface area contributed by atoms with E-state index in [0.717, 1.165) is 11.5 Å². The minimum atomic E-state index is -0.329. The van der Waals surface area contributed by atoms with Gasteiger partial charge in [0.05, 0.1) is 18.3 Å². The number of anilines is 1.